The van der Waals surface area contributed by atoms with Crippen LogP contribution in [0, 0.1) is 0 Å². The molecule has 1 aromatic carbocycles. The van der Waals surface area contributed by atoms with E-state index >= 15 is 0 Å². The second-order valence-corrected chi connectivity index (χ2v) is 8.44. The summed E-state index contributed by atoms with van der Waals surface area (Å²) in [5.41, 5.74) is 0.948. The molecule has 2 fully saturated rings. The number of carbonyl (C=O) groups excluding carboxylic acids is 1. The number of hydrogen-bond donors (Lipinski definition) is 0. The SMILES string of the molecule is O=C1OC[C@@H]2C[C@@H](Oc3cc4c(=O)n(Cc5ccc(Cl)cc5)cnc4nc3Cl)CCN12. The molecule has 10 heteroatoms. The van der Waals surface area contributed by atoms with Gasteiger partial charge in [0.25, 0.3) is 5.56 Å². The fourth-order valence-electron chi connectivity index (χ4n) is 3.98. The van der Waals surface area contributed by atoms with E-state index in [4.69, 9.17) is 32.7 Å². The molecule has 5 rings (SSSR count). The number of rotatable bonds is 4. The largest absolute Gasteiger partial charge is 0.487 e. The minimum atomic E-state index is -0.277. The minimum absolute atomic E-state index is 0.00305. The Hall–Kier alpha value is -2.84. The van der Waals surface area contributed by atoms with Crippen LogP contribution in [-0.4, -0.2) is 50.8 Å². The Labute approximate surface area is 187 Å². The number of aromatic nitrogens is 3. The lowest BCUT2D eigenvalue weighted by Crippen LogP contribution is -2.44. The maximum atomic E-state index is 13.0. The van der Waals surface area contributed by atoms with E-state index < -0.39 is 0 Å². The Kier molecular flexibility index (Phi) is 5.19. The Morgan fingerprint density at radius 2 is 2.00 bits per heavy atom. The molecule has 0 radical (unpaired) electrons. The number of nitrogens with zero attached hydrogens (tertiary/aromatic N) is 4. The fourth-order valence-corrected chi connectivity index (χ4v) is 4.29. The number of cyclic esters (lactones) is 1. The van der Waals surface area contributed by atoms with E-state index in [1.165, 1.54) is 10.9 Å². The van der Waals surface area contributed by atoms with Gasteiger partial charge in [-0.1, -0.05) is 35.3 Å². The fraction of sp³-hybridized carbons (Fsp3) is 0.333. The number of fused-ring (bicyclic) bond motifs is 2. The Morgan fingerprint density at radius 3 is 2.81 bits per heavy atom. The van der Waals surface area contributed by atoms with Crippen molar-refractivity contribution in [2.75, 3.05) is 13.2 Å². The molecule has 2 aliphatic rings. The summed E-state index contributed by atoms with van der Waals surface area (Å²) >= 11 is 12.2. The molecular weight excluding hydrogens is 443 g/mol. The maximum absolute atomic E-state index is 13.0. The van der Waals surface area contributed by atoms with Gasteiger partial charge < -0.3 is 14.4 Å². The number of carbonyl (C=O) groups is 1. The van der Waals surface area contributed by atoms with Gasteiger partial charge in [-0.2, -0.15) is 0 Å². The first-order valence-corrected chi connectivity index (χ1v) is 10.6. The second-order valence-electron chi connectivity index (χ2n) is 7.64. The average molecular weight is 461 g/mol. The minimum Gasteiger partial charge on any atom is -0.487 e. The highest BCUT2D eigenvalue weighted by molar-refractivity contribution is 6.31. The van der Waals surface area contributed by atoms with Crippen LogP contribution in [0.3, 0.4) is 0 Å². The van der Waals surface area contributed by atoms with Gasteiger partial charge in [0.2, 0.25) is 0 Å². The number of piperidine rings is 1. The highest BCUT2D eigenvalue weighted by atomic mass is 35.5. The van der Waals surface area contributed by atoms with Crippen LogP contribution in [-0.2, 0) is 11.3 Å². The predicted molar refractivity (Wildman–Crippen MR) is 115 cm³/mol. The molecule has 160 valence electrons. The molecular formula is C21H18Cl2N4O4. The lowest BCUT2D eigenvalue weighted by Gasteiger charge is -2.32. The molecule has 1 amide bonds. The molecule has 2 aliphatic heterocycles. The van der Waals surface area contributed by atoms with Gasteiger partial charge in [-0.3, -0.25) is 9.36 Å². The zero-order chi connectivity index (χ0) is 21.5. The molecule has 4 heterocycles. The third kappa shape index (κ3) is 3.93. The quantitative estimate of drug-likeness (QED) is 0.553. The Morgan fingerprint density at radius 1 is 1.19 bits per heavy atom. The van der Waals surface area contributed by atoms with E-state index in [0.29, 0.717) is 48.7 Å². The van der Waals surface area contributed by atoms with Crippen LogP contribution in [0.4, 0.5) is 4.79 Å². The van der Waals surface area contributed by atoms with Crippen molar-refractivity contribution in [1.82, 2.24) is 19.4 Å². The number of halogens is 2. The molecule has 0 unspecified atom stereocenters. The highest BCUT2D eigenvalue weighted by Crippen LogP contribution is 2.31. The zero-order valence-electron chi connectivity index (χ0n) is 16.3. The summed E-state index contributed by atoms with van der Waals surface area (Å²) in [5, 5.41) is 1.11. The lowest BCUT2D eigenvalue weighted by molar-refractivity contribution is 0.0935. The van der Waals surface area contributed by atoms with E-state index in [0.717, 1.165) is 5.56 Å². The highest BCUT2D eigenvalue weighted by Gasteiger charge is 2.39. The molecule has 2 aromatic heterocycles. The van der Waals surface area contributed by atoms with Gasteiger partial charge >= 0.3 is 6.09 Å². The smallest absolute Gasteiger partial charge is 0.410 e. The molecule has 2 atom stereocenters. The Bertz CT molecular complexity index is 1210. The number of hydrogen-bond acceptors (Lipinski definition) is 6. The van der Waals surface area contributed by atoms with Crippen molar-refractivity contribution in [3.8, 4) is 5.75 Å². The average Bonchev–Trinajstić information content (AvgIpc) is 3.13. The van der Waals surface area contributed by atoms with Crippen molar-refractivity contribution in [1.29, 1.82) is 0 Å². The van der Waals surface area contributed by atoms with Crippen LogP contribution < -0.4 is 10.3 Å². The van der Waals surface area contributed by atoms with Gasteiger partial charge in [0.1, 0.15) is 19.0 Å². The summed E-state index contributed by atoms with van der Waals surface area (Å²) in [6, 6.07) is 8.86. The standard InChI is InChI=1S/C21H18Cl2N4O4/c22-13-3-1-12(2-4-13)9-26-11-24-19-16(20(26)28)8-17(18(23)25-19)31-15-5-6-27-14(7-15)10-30-21(27)29/h1-4,8,11,14-15H,5-7,9-10H2/t14-,15-/m0/s1. The lowest BCUT2D eigenvalue weighted by atomic mass is 10.0. The predicted octanol–water partition coefficient (Wildman–Crippen LogP) is 3.51. The molecule has 0 saturated carbocycles. The molecule has 0 aliphatic carbocycles. The first-order chi connectivity index (χ1) is 15.0. The number of pyridine rings is 1. The molecule has 0 bridgehead atoms. The van der Waals surface area contributed by atoms with Crippen LogP contribution in [0.25, 0.3) is 11.0 Å². The van der Waals surface area contributed by atoms with Crippen LogP contribution >= 0.6 is 23.2 Å². The second kappa shape index (κ2) is 8.01. The third-order valence-corrected chi connectivity index (χ3v) is 6.12. The maximum Gasteiger partial charge on any atom is 0.410 e. The summed E-state index contributed by atoms with van der Waals surface area (Å²) in [4.78, 5) is 35.0. The number of ether oxygens (including phenoxy) is 2. The summed E-state index contributed by atoms with van der Waals surface area (Å²) in [6.07, 6.45) is 2.30. The van der Waals surface area contributed by atoms with E-state index in [9.17, 15) is 9.59 Å². The van der Waals surface area contributed by atoms with Crippen molar-refractivity contribution in [3.05, 3.63) is 62.8 Å². The summed E-state index contributed by atoms with van der Waals surface area (Å²) in [5.74, 6) is 0.334. The first kappa shape index (κ1) is 20.1. The topological polar surface area (TPSA) is 86.5 Å². The molecule has 3 aromatic rings. The van der Waals surface area contributed by atoms with Crippen LogP contribution in [0.2, 0.25) is 10.2 Å². The van der Waals surface area contributed by atoms with Gasteiger partial charge in [0.05, 0.1) is 18.0 Å². The molecule has 0 N–H and O–H groups in total. The van der Waals surface area contributed by atoms with Gasteiger partial charge in [-0.15, -0.1) is 0 Å². The van der Waals surface area contributed by atoms with E-state index in [-0.39, 0.29) is 34.6 Å². The molecule has 2 saturated heterocycles. The van der Waals surface area contributed by atoms with Crippen molar-refractivity contribution >= 4 is 40.3 Å². The number of benzene rings is 1. The van der Waals surface area contributed by atoms with Gasteiger partial charge in [0.15, 0.2) is 16.5 Å². The third-order valence-electron chi connectivity index (χ3n) is 5.60. The van der Waals surface area contributed by atoms with Crippen molar-refractivity contribution in [3.63, 3.8) is 0 Å². The van der Waals surface area contributed by atoms with Crippen LogP contribution in [0.5, 0.6) is 5.75 Å². The zero-order valence-corrected chi connectivity index (χ0v) is 17.8. The van der Waals surface area contributed by atoms with Gasteiger partial charge in [0, 0.05) is 24.4 Å². The number of amides is 1. The monoisotopic (exact) mass is 460 g/mol. The van der Waals surface area contributed by atoms with Gasteiger partial charge in [-0.05, 0) is 23.8 Å². The van der Waals surface area contributed by atoms with Crippen molar-refractivity contribution in [2.24, 2.45) is 0 Å². The Balaban J connectivity index is 1.41. The van der Waals surface area contributed by atoms with E-state index in [1.54, 1.807) is 23.1 Å². The van der Waals surface area contributed by atoms with Crippen LogP contribution in [0.15, 0.2) is 41.5 Å². The normalized spacial score (nSPS) is 20.6. The van der Waals surface area contributed by atoms with E-state index in [2.05, 4.69) is 9.97 Å². The van der Waals surface area contributed by atoms with Crippen LogP contribution in [0.1, 0.15) is 18.4 Å². The molecule has 31 heavy (non-hydrogen) atoms. The summed E-state index contributed by atoms with van der Waals surface area (Å²) in [6.45, 7) is 1.27. The first-order valence-electron chi connectivity index (χ1n) is 9.88. The van der Waals surface area contributed by atoms with E-state index in [1.807, 2.05) is 12.1 Å². The van der Waals surface area contributed by atoms with Crippen molar-refractivity contribution in [2.45, 2.75) is 31.5 Å². The van der Waals surface area contributed by atoms with Gasteiger partial charge in [-0.25, -0.2) is 14.8 Å². The molecule has 8 nitrogen and oxygen atoms in total. The summed E-state index contributed by atoms with van der Waals surface area (Å²) < 4.78 is 12.7. The van der Waals surface area contributed by atoms with Crippen molar-refractivity contribution < 1.29 is 14.3 Å². The molecule has 0 spiro atoms. The summed E-state index contributed by atoms with van der Waals surface area (Å²) in [7, 11) is 0.